The molecule has 88 valence electrons. The van der Waals surface area contributed by atoms with Gasteiger partial charge >= 0.3 is 0 Å². The highest BCUT2D eigenvalue weighted by molar-refractivity contribution is 6.33. The van der Waals surface area contributed by atoms with Gasteiger partial charge in [0.05, 0.1) is 10.7 Å². The van der Waals surface area contributed by atoms with Gasteiger partial charge in [0.1, 0.15) is 0 Å². The number of benzene rings is 1. The van der Waals surface area contributed by atoms with Crippen LogP contribution < -0.4 is 5.32 Å². The number of rotatable bonds is 2. The van der Waals surface area contributed by atoms with Gasteiger partial charge in [0.2, 0.25) is 0 Å². The molecule has 0 aliphatic heterocycles. The number of hydrogen-bond donors (Lipinski definition) is 1. The molecule has 2 rings (SSSR count). The molecule has 0 radical (unpaired) electrons. The normalized spacial score (nSPS) is 24.1. The van der Waals surface area contributed by atoms with Crippen molar-refractivity contribution in [1.29, 1.82) is 0 Å². The summed E-state index contributed by atoms with van der Waals surface area (Å²) in [5.41, 5.74) is 1.55. The molecule has 0 aromatic heterocycles. The molecule has 1 N–H and O–H groups in total. The lowest BCUT2D eigenvalue weighted by Crippen LogP contribution is -2.31. The van der Waals surface area contributed by atoms with E-state index in [1.54, 1.807) is 0 Å². The summed E-state index contributed by atoms with van der Waals surface area (Å²) in [7, 11) is 0. The van der Waals surface area contributed by atoms with Gasteiger partial charge in [-0.15, -0.1) is 0 Å². The Labute approximate surface area is 103 Å². The molecule has 1 nitrogen and oxygen atoms in total. The van der Waals surface area contributed by atoms with Gasteiger partial charge < -0.3 is 5.32 Å². The van der Waals surface area contributed by atoms with E-state index in [9.17, 15) is 0 Å². The molecule has 16 heavy (non-hydrogen) atoms. The minimum absolute atomic E-state index is 0.469. The predicted molar refractivity (Wildman–Crippen MR) is 71.1 cm³/mol. The lowest BCUT2D eigenvalue weighted by atomic mass is 9.75. The van der Waals surface area contributed by atoms with Crippen LogP contribution in [0.25, 0.3) is 0 Å². The van der Waals surface area contributed by atoms with E-state index in [-0.39, 0.29) is 0 Å². The van der Waals surface area contributed by atoms with Gasteiger partial charge in [-0.3, -0.25) is 0 Å². The van der Waals surface area contributed by atoms with Gasteiger partial charge in [-0.25, -0.2) is 0 Å². The molecule has 1 atom stereocenters. The van der Waals surface area contributed by atoms with Crippen LogP contribution in [0.15, 0.2) is 24.3 Å². The molecule has 0 bridgehead atoms. The van der Waals surface area contributed by atoms with Crippen molar-refractivity contribution in [3.8, 4) is 0 Å². The van der Waals surface area contributed by atoms with Gasteiger partial charge in [0, 0.05) is 6.04 Å². The van der Waals surface area contributed by atoms with Gasteiger partial charge in [-0.05, 0) is 36.8 Å². The number of nitrogens with one attached hydrogen (secondary N) is 1. The second-order valence-electron chi connectivity index (χ2n) is 5.58. The summed E-state index contributed by atoms with van der Waals surface area (Å²) in [5.74, 6) is 0. The maximum Gasteiger partial charge on any atom is 0.0637 e. The van der Waals surface area contributed by atoms with Crippen molar-refractivity contribution in [2.45, 2.75) is 45.6 Å². The second-order valence-corrected chi connectivity index (χ2v) is 5.99. The first-order valence-electron chi connectivity index (χ1n) is 6.08. The van der Waals surface area contributed by atoms with E-state index in [0.29, 0.717) is 11.5 Å². The Morgan fingerprint density at radius 2 is 2.06 bits per heavy atom. The summed E-state index contributed by atoms with van der Waals surface area (Å²) in [6.45, 7) is 4.71. The van der Waals surface area contributed by atoms with E-state index >= 15 is 0 Å². The van der Waals surface area contributed by atoms with Crippen molar-refractivity contribution in [3.63, 3.8) is 0 Å². The molecule has 1 aromatic carbocycles. The van der Waals surface area contributed by atoms with E-state index in [0.717, 1.165) is 10.7 Å². The fraction of sp³-hybridized carbons (Fsp3) is 0.571. The van der Waals surface area contributed by atoms with Crippen LogP contribution in [0, 0.1) is 5.41 Å². The smallest absolute Gasteiger partial charge is 0.0637 e. The summed E-state index contributed by atoms with van der Waals surface area (Å²) in [4.78, 5) is 0. The summed E-state index contributed by atoms with van der Waals surface area (Å²) < 4.78 is 0. The van der Waals surface area contributed by atoms with E-state index < -0.39 is 0 Å². The van der Waals surface area contributed by atoms with Crippen LogP contribution in [-0.2, 0) is 0 Å². The van der Waals surface area contributed by atoms with Gasteiger partial charge in [-0.2, -0.15) is 0 Å². The SMILES string of the molecule is CC1(C)CCCC(Nc2ccccc2Cl)C1. The van der Waals surface area contributed by atoms with E-state index in [1.165, 1.54) is 25.7 Å². The summed E-state index contributed by atoms with van der Waals surface area (Å²) in [6.07, 6.45) is 5.15. The molecular formula is C14H20ClN. The first-order chi connectivity index (χ1) is 7.57. The lowest BCUT2D eigenvalue weighted by molar-refractivity contribution is 0.229. The molecule has 1 fully saturated rings. The lowest BCUT2D eigenvalue weighted by Gasteiger charge is -2.36. The third-order valence-corrected chi connectivity index (χ3v) is 3.77. The molecule has 0 saturated heterocycles. The Morgan fingerprint density at radius 3 is 2.75 bits per heavy atom. The Morgan fingerprint density at radius 1 is 1.31 bits per heavy atom. The summed E-state index contributed by atoms with van der Waals surface area (Å²) >= 11 is 6.15. The maximum atomic E-state index is 6.15. The number of para-hydroxylation sites is 1. The van der Waals surface area contributed by atoms with Crippen LogP contribution in [0.2, 0.25) is 5.02 Å². The van der Waals surface area contributed by atoms with Gasteiger partial charge in [0.25, 0.3) is 0 Å². The highest BCUT2D eigenvalue weighted by atomic mass is 35.5. The Balaban J connectivity index is 2.02. The molecule has 1 aliphatic rings. The molecule has 0 heterocycles. The molecule has 1 saturated carbocycles. The van der Waals surface area contributed by atoms with Crippen LogP contribution >= 0.6 is 11.6 Å². The number of halogens is 1. The first kappa shape index (κ1) is 11.8. The van der Waals surface area contributed by atoms with Crippen LogP contribution in [0.5, 0.6) is 0 Å². The van der Waals surface area contributed by atoms with Crippen molar-refractivity contribution in [1.82, 2.24) is 0 Å². The summed E-state index contributed by atoms with van der Waals surface area (Å²) in [5, 5.41) is 4.40. The Hall–Kier alpha value is -0.690. The number of anilines is 1. The Kier molecular flexibility index (Phi) is 3.44. The minimum Gasteiger partial charge on any atom is -0.381 e. The largest absolute Gasteiger partial charge is 0.381 e. The highest BCUT2D eigenvalue weighted by Gasteiger charge is 2.27. The van der Waals surface area contributed by atoms with Crippen LogP contribution in [-0.4, -0.2) is 6.04 Å². The zero-order valence-electron chi connectivity index (χ0n) is 10.1. The topological polar surface area (TPSA) is 12.0 Å². The van der Waals surface area contributed by atoms with Gasteiger partial charge in [-0.1, -0.05) is 44.0 Å². The molecule has 0 spiro atoms. The maximum absolute atomic E-state index is 6.15. The minimum atomic E-state index is 0.469. The predicted octanol–water partition coefficient (Wildman–Crippen LogP) is 4.72. The third kappa shape index (κ3) is 2.91. The average molecular weight is 238 g/mol. The molecular weight excluding hydrogens is 218 g/mol. The fourth-order valence-corrected chi connectivity index (χ4v) is 2.81. The second kappa shape index (κ2) is 4.67. The van der Waals surface area contributed by atoms with E-state index in [2.05, 4.69) is 25.2 Å². The van der Waals surface area contributed by atoms with Crippen molar-refractivity contribution in [2.24, 2.45) is 5.41 Å². The highest BCUT2D eigenvalue weighted by Crippen LogP contribution is 2.37. The number of hydrogen-bond acceptors (Lipinski definition) is 1. The molecule has 1 unspecified atom stereocenters. The zero-order chi connectivity index (χ0) is 11.6. The summed E-state index contributed by atoms with van der Waals surface area (Å²) in [6, 6.07) is 8.58. The van der Waals surface area contributed by atoms with Crippen LogP contribution in [0.3, 0.4) is 0 Å². The van der Waals surface area contributed by atoms with Crippen molar-refractivity contribution >= 4 is 17.3 Å². The Bertz CT molecular complexity index is 360. The van der Waals surface area contributed by atoms with Gasteiger partial charge in [0.15, 0.2) is 0 Å². The van der Waals surface area contributed by atoms with Crippen LogP contribution in [0.1, 0.15) is 39.5 Å². The monoisotopic (exact) mass is 237 g/mol. The third-order valence-electron chi connectivity index (χ3n) is 3.44. The molecule has 0 amide bonds. The molecule has 1 aliphatic carbocycles. The first-order valence-corrected chi connectivity index (χ1v) is 6.46. The van der Waals surface area contributed by atoms with Crippen molar-refractivity contribution in [2.75, 3.05) is 5.32 Å². The molecule has 1 aromatic rings. The molecule has 2 heteroatoms. The van der Waals surface area contributed by atoms with Crippen LogP contribution in [0.4, 0.5) is 5.69 Å². The van der Waals surface area contributed by atoms with E-state index in [1.807, 2.05) is 18.2 Å². The zero-order valence-corrected chi connectivity index (χ0v) is 10.8. The quantitative estimate of drug-likeness (QED) is 0.785. The van der Waals surface area contributed by atoms with Crippen molar-refractivity contribution in [3.05, 3.63) is 29.3 Å². The average Bonchev–Trinajstić information content (AvgIpc) is 2.20. The fourth-order valence-electron chi connectivity index (χ4n) is 2.62. The van der Waals surface area contributed by atoms with Crippen molar-refractivity contribution < 1.29 is 0 Å². The van der Waals surface area contributed by atoms with E-state index in [4.69, 9.17) is 11.6 Å². The standard InChI is InChI=1S/C14H20ClN/c1-14(2)9-5-6-11(10-14)16-13-8-4-3-7-12(13)15/h3-4,7-8,11,16H,5-6,9-10H2,1-2H3.